The van der Waals surface area contributed by atoms with Gasteiger partial charge in [0, 0.05) is 19.8 Å². The van der Waals surface area contributed by atoms with Crippen LogP contribution in [0, 0.1) is 0 Å². The molecule has 4 heteroatoms. The Labute approximate surface area is 102 Å². The molecule has 0 radical (unpaired) electrons. The molecule has 1 fully saturated rings. The van der Waals surface area contributed by atoms with Crippen LogP contribution >= 0.6 is 0 Å². The molecule has 0 atom stereocenters. The standard InChI is InChI=1S/C13H20N2O2/c1-15(10-13(16)7-3-4-8-13)12-11(17-2)6-5-9-14-12/h5-6,9,16H,3-4,7-8,10H2,1-2H3. The topological polar surface area (TPSA) is 45.6 Å². The average molecular weight is 236 g/mol. The summed E-state index contributed by atoms with van der Waals surface area (Å²) in [5, 5.41) is 10.4. The fraction of sp³-hybridized carbons (Fsp3) is 0.615. The molecule has 0 spiro atoms. The van der Waals surface area contributed by atoms with Gasteiger partial charge in [0.2, 0.25) is 0 Å². The maximum Gasteiger partial charge on any atom is 0.171 e. The molecule has 0 unspecified atom stereocenters. The Hall–Kier alpha value is -1.29. The van der Waals surface area contributed by atoms with Crippen molar-refractivity contribution < 1.29 is 9.84 Å². The number of likely N-dealkylation sites (N-methyl/N-ethyl adjacent to an activating group) is 1. The molecule has 1 N–H and O–H groups in total. The maximum absolute atomic E-state index is 10.4. The lowest BCUT2D eigenvalue weighted by Crippen LogP contribution is -2.39. The number of rotatable bonds is 4. The second kappa shape index (κ2) is 4.92. The Morgan fingerprint density at radius 1 is 1.47 bits per heavy atom. The zero-order valence-corrected chi connectivity index (χ0v) is 10.5. The number of aromatic nitrogens is 1. The van der Waals surface area contributed by atoms with Gasteiger partial charge in [0.1, 0.15) is 0 Å². The minimum absolute atomic E-state index is 0.558. The van der Waals surface area contributed by atoms with E-state index in [1.54, 1.807) is 13.3 Å². The van der Waals surface area contributed by atoms with E-state index in [2.05, 4.69) is 4.98 Å². The van der Waals surface area contributed by atoms with Crippen LogP contribution in [0.4, 0.5) is 5.82 Å². The summed E-state index contributed by atoms with van der Waals surface area (Å²) in [6.07, 6.45) is 5.74. The van der Waals surface area contributed by atoms with Crippen LogP contribution in [0.15, 0.2) is 18.3 Å². The molecule has 0 amide bonds. The van der Waals surface area contributed by atoms with Gasteiger partial charge in [-0.05, 0) is 25.0 Å². The van der Waals surface area contributed by atoms with Crippen molar-refractivity contribution in [2.75, 3.05) is 25.6 Å². The van der Waals surface area contributed by atoms with Crippen LogP contribution in [0.25, 0.3) is 0 Å². The van der Waals surface area contributed by atoms with Gasteiger partial charge >= 0.3 is 0 Å². The third-order valence-electron chi connectivity index (χ3n) is 3.40. The van der Waals surface area contributed by atoms with Crippen molar-refractivity contribution in [3.8, 4) is 5.75 Å². The van der Waals surface area contributed by atoms with Gasteiger partial charge in [-0.3, -0.25) is 0 Å². The van der Waals surface area contributed by atoms with Crippen molar-refractivity contribution in [2.24, 2.45) is 0 Å². The van der Waals surface area contributed by atoms with Crippen molar-refractivity contribution in [2.45, 2.75) is 31.3 Å². The molecule has 0 bridgehead atoms. The van der Waals surface area contributed by atoms with E-state index >= 15 is 0 Å². The first kappa shape index (κ1) is 12.2. The van der Waals surface area contributed by atoms with Gasteiger partial charge < -0.3 is 14.7 Å². The Balaban J connectivity index is 2.11. The van der Waals surface area contributed by atoms with Gasteiger partial charge in [-0.25, -0.2) is 4.98 Å². The first-order chi connectivity index (χ1) is 8.14. The second-order valence-electron chi connectivity index (χ2n) is 4.82. The molecule has 94 valence electrons. The third-order valence-corrected chi connectivity index (χ3v) is 3.40. The third kappa shape index (κ3) is 2.69. The van der Waals surface area contributed by atoms with Gasteiger partial charge in [0.25, 0.3) is 0 Å². The summed E-state index contributed by atoms with van der Waals surface area (Å²) in [6.45, 7) is 0.611. The number of methoxy groups -OCH3 is 1. The molecule has 0 saturated heterocycles. The number of anilines is 1. The highest BCUT2D eigenvalue weighted by atomic mass is 16.5. The molecule has 1 saturated carbocycles. The van der Waals surface area contributed by atoms with E-state index in [1.165, 1.54) is 0 Å². The van der Waals surface area contributed by atoms with Gasteiger partial charge in [-0.2, -0.15) is 0 Å². The lowest BCUT2D eigenvalue weighted by molar-refractivity contribution is 0.0557. The molecule has 17 heavy (non-hydrogen) atoms. The molecular formula is C13H20N2O2. The highest BCUT2D eigenvalue weighted by Gasteiger charge is 2.33. The largest absolute Gasteiger partial charge is 0.493 e. The van der Waals surface area contributed by atoms with Crippen LogP contribution in [0.1, 0.15) is 25.7 Å². The Bertz CT molecular complexity index is 375. The SMILES string of the molecule is COc1cccnc1N(C)CC1(O)CCCC1. The number of hydrogen-bond acceptors (Lipinski definition) is 4. The predicted molar refractivity (Wildman–Crippen MR) is 67.5 cm³/mol. The fourth-order valence-corrected chi connectivity index (χ4v) is 2.54. The van der Waals surface area contributed by atoms with E-state index in [0.717, 1.165) is 37.3 Å². The smallest absolute Gasteiger partial charge is 0.171 e. The Morgan fingerprint density at radius 3 is 2.82 bits per heavy atom. The van der Waals surface area contributed by atoms with Gasteiger partial charge in [0.05, 0.1) is 12.7 Å². The molecule has 0 aromatic carbocycles. The molecule has 0 aliphatic heterocycles. The lowest BCUT2D eigenvalue weighted by atomic mass is 10.0. The lowest BCUT2D eigenvalue weighted by Gasteiger charge is -2.29. The maximum atomic E-state index is 10.4. The molecule has 1 aliphatic rings. The van der Waals surface area contributed by atoms with Gasteiger partial charge in [-0.1, -0.05) is 12.8 Å². The molecule has 4 nitrogen and oxygen atoms in total. The van der Waals surface area contributed by atoms with E-state index in [1.807, 2.05) is 24.1 Å². The number of aliphatic hydroxyl groups is 1. The summed E-state index contributed by atoms with van der Waals surface area (Å²) in [7, 11) is 3.58. The highest BCUT2D eigenvalue weighted by molar-refractivity contribution is 5.51. The number of nitrogens with zero attached hydrogens (tertiary/aromatic N) is 2. The summed E-state index contributed by atoms with van der Waals surface area (Å²) in [4.78, 5) is 6.29. The fourth-order valence-electron chi connectivity index (χ4n) is 2.54. The molecule has 2 rings (SSSR count). The average Bonchev–Trinajstić information content (AvgIpc) is 2.75. The summed E-state index contributed by atoms with van der Waals surface area (Å²) in [6, 6.07) is 3.73. The van der Waals surface area contributed by atoms with Crippen molar-refractivity contribution in [1.29, 1.82) is 0 Å². The quantitative estimate of drug-likeness (QED) is 0.866. The highest BCUT2D eigenvalue weighted by Crippen LogP contribution is 2.32. The molecular weight excluding hydrogens is 216 g/mol. The van der Waals surface area contributed by atoms with Crippen LogP contribution in [0.2, 0.25) is 0 Å². The van der Waals surface area contributed by atoms with E-state index in [0.29, 0.717) is 6.54 Å². The number of pyridine rings is 1. The van der Waals surface area contributed by atoms with E-state index in [9.17, 15) is 5.11 Å². The van der Waals surface area contributed by atoms with Crippen molar-refractivity contribution in [1.82, 2.24) is 4.98 Å². The monoisotopic (exact) mass is 236 g/mol. The molecule has 1 aromatic rings. The van der Waals surface area contributed by atoms with Crippen molar-refractivity contribution in [3.63, 3.8) is 0 Å². The zero-order chi connectivity index (χ0) is 12.3. The summed E-state index contributed by atoms with van der Waals surface area (Å²) < 4.78 is 5.28. The summed E-state index contributed by atoms with van der Waals surface area (Å²) in [5.41, 5.74) is -0.558. The van der Waals surface area contributed by atoms with Crippen LogP contribution in [0.3, 0.4) is 0 Å². The van der Waals surface area contributed by atoms with Gasteiger partial charge in [0.15, 0.2) is 11.6 Å². The van der Waals surface area contributed by atoms with Gasteiger partial charge in [-0.15, -0.1) is 0 Å². The second-order valence-corrected chi connectivity index (χ2v) is 4.82. The van der Waals surface area contributed by atoms with E-state index in [4.69, 9.17) is 4.74 Å². The Kier molecular flexibility index (Phi) is 3.52. The first-order valence-corrected chi connectivity index (χ1v) is 6.07. The van der Waals surface area contributed by atoms with Crippen LogP contribution in [0.5, 0.6) is 5.75 Å². The normalized spacial score (nSPS) is 18.1. The van der Waals surface area contributed by atoms with Crippen LogP contribution in [-0.2, 0) is 0 Å². The zero-order valence-electron chi connectivity index (χ0n) is 10.5. The van der Waals surface area contributed by atoms with Crippen molar-refractivity contribution >= 4 is 5.82 Å². The minimum Gasteiger partial charge on any atom is -0.493 e. The molecule has 1 aliphatic carbocycles. The molecule has 1 aromatic heterocycles. The van der Waals surface area contributed by atoms with Crippen molar-refractivity contribution in [3.05, 3.63) is 18.3 Å². The van der Waals surface area contributed by atoms with E-state index in [-0.39, 0.29) is 0 Å². The van der Waals surface area contributed by atoms with E-state index < -0.39 is 5.60 Å². The van der Waals surface area contributed by atoms with Crippen LogP contribution in [-0.4, -0.2) is 36.4 Å². The summed E-state index contributed by atoms with van der Waals surface area (Å²) in [5.74, 6) is 1.53. The number of hydrogen-bond donors (Lipinski definition) is 1. The number of ether oxygens (including phenoxy) is 1. The predicted octanol–water partition coefficient (Wildman–Crippen LogP) is 1.83. The minimum atomic E-state index is -0.558. The molecule has 1 heterocycles. The summed E-state index contributed by atoms with van der Waals surface area (Å²) >= 11 is 0. The first-order valence-electron chi connectivity index (χ1n) is 6.07. The van der Waals surface area contributed by atoms with Crippen LogP contribution < -0.4 is 9.64 Å². The Morgan fingerprint density at radius 2 is 2.18 bits per heavy atom.